The number of hydrogen-bond acceptors (Lipinski definition) is 3. The fraction of sp³-hybridized carbons (Fsp3) is 0.100. The molecule has 1 aromatic rings. The van der Waals surface area contributed by atoms with Crippen LogP contribution in [0.25, 0.3) is 0 Å². The summed E-state index contributed by atoms with van der Waals surface area (Å²) in [6.45, 7) is 1.96. The van der Waals surface area contributed by atoms with Crippen LogP contribution in [0.15, 0.2) is 47.2 Å². The summed E-state index contributed by atoms with van der Waals surface area (Å²) in [5.74, 6) is 0. The standard InChI is InChI=1S/C10H10N3/c1-9-7-11-12-13(8-9)10-5-3-2-4-6-10/h2-6,8,12H,1H3. The quantitative estimate of drug-likeness (QED) is 0.699. The molecular formula is C10H10N3. The van der Waals surface area contributed by atoms with Crippen molar-refractivity contribution in [1.82, 2.24) is 5.53 Å². The van der Waals surface area contributed by atoms with Gasteiger partial charge in [-0.15, -0.1) is 0 Å². The van der Waals surface area contributed by atoms with Crippen LogP contribution in [0.1, 0.15) is 6.92 Å². The van der Waals surface area contributed by atoms with Gasteiger partial charge < -0.3 is 0 Å². The van der Waals surface area contributed by atoms with Gasteiger partial charge in [-0.05, 0) is 24.6 Å². The highest BCUT2D eigenvalue weighted by atomic mass is 15.7. The maximum atomic E-state index is 3.87. The summed E-state index contributed by atoms with van der Waals surface area (Å²) in [5, 5.41) is 5.73. The van der Waals surface area contributed by atoms with Gasteiger partial charge in [0, 0.05) is 6.20 Å². The Kier molecular flexibility index (Phi) is 2.00. The maximum absolute atomic E-state index is 3.87. The molecule has 0 bridgehead atoms. The molecule has 0 amide bonds. The number of rotatable bonds is 1. The van der Waals surface area contributed by atoms with Crippen molar-refractivity contribution in [2.45, 2.75) is 6.92 Å². The first-order valence-corrected chi connectivity index (χ1v) is 4.10. The average Bonchev–Trinajstić information content (AvgIpc) is 2.19. The van der Waals surface area contributed by atoms with E-state index in [9.17, 15) is 0 Å². The first kappa shape index (κ1) is 7.86. The van der Waals surface area contributed by atoms with Crippen molar-refractivity contribution in [2.75, 3.05) is 5.01 Å². The molecule has 0 saturated carbocycles. The number of nitrogens with one attached hydrogen (secondary N) is 1. The summed E-state index contributed by atoms with van der Waals surface area (Å²) < 4.78 is 0. The van der Waals surface area contributed by atoms with Crippen LogP contribution < -0.4 is 10.5 Å². The molecule has 1 aliphatic heterocycles. The van der Waals surface area contributed by atoms with Crippen molar-refractivity contribution in [1.29, 1.82) is 0 Å². The van der Waals surface area contributed by atoms with E-state index in [0.29, 0.717) is 0 Å². The number of anilines is 1. The number of nitrogens with zero attached hydrogens (tertiary/aromatic N) is 2. The van der Waals surface area contributed by atoms with Gasteiger partial charge in [0.2, 0.25) is 0 Å². The Morgan fingerprint density at radius 1 is 1.31 bits per heavy atom. The number of hydrogen-bond donors (Lipinski definition) is 1. The molecule has 65 valence electrons. The Hall–Kier alpha value is -1.77. The van der Waals surface area contributed by atoms with Crippen LogP contribution in [0, 0.1) is 0 Å². The van der Waals surface area contributed by atoms with Crippen LogP contribution in [-0.2, 0) is 0 Å². The highest BCUT2D eigenvalue weighted by Gasteiger charge is 2.04. The Balaban J connectivity index is 2.24. The zero-order valence-electron chi connectivity index (χ0n) is 7.36. The maximum Gasteiger partial charge on any atom is 0.117 e. The molecule has 1 N–H and O–H groups in total. The van der Waals surface area contributed by atoms with Gasteiger partial charge in [0.15, 0.2) is 0 Å². The number of hydrazine groups is 1. The Labute approximate surface area is 77.3 Å². The van der Waals surface area contributed by atoms with Gasteiger partial charge in [0.1, 0.15) is 6.21 Å². The van der Waals surface area contributed by atoms with E-state index >= 15 is 0 Å². The smallest absolute Gasteiger partial charge is 0.117 e. The fourth-order valence-corrected chi connectivity index (χ4v) is 1.14. The second-order valence-electron chi connectivity index (χ2n) is 2.84. The zero-order chi connectivity index (χ0) is 9.10. The lowest BCUT2D eigenvalue weighted by atomic mass is 10.3. The number of hydrazone groups is 1. The van der Waals surface area contributed by atoms with Crippen molar-refractivity contribution in [3.8, 4) is 0 Å². The SMILES string of the molecule is CC1=CN(c2ccccc2)NN=[C]1. The predicted octanol–water partition coefficient (Wildman–Crippen LogP) is 1.78. The lowest BCUT2D eigenvalue weighted by molar-refractivity contribution is 0.744. The topological polar surface area (TPSA) is 27.6 Å². The Bertz CT molecular complexity index is 340. The molecular weight excluding hydrogens is 162 g/mol. The van der Waals surface area contributed by atoms with Crippen molar-refractivity contribution in [3.05, 3.63) is 42.1 Å². The molecule has 0 aliphatic carbocycles. The van der Waals surface area contributed by atoms with E-state index in [0.717, 1.165) is 11.3 Å². The molecule has 0 atom stereocenters. The minimum Gasteiger partial charge on any atom is -0.247 e. The van der Waals surface area contributed by atoms with Crippen molar-refractivity contribution in [3.63, 3.8) is 0 Å². The molecule has 3 heteroatoms. The van der Waals surface area contributed by atoms with Gasteiger partial charge in [-0.1, -0.05) is 18.2 Å². The van der Waals surface area contributed by atoms with Crippen molar-refractivity contribution < 1.29 is 0 Å². The molecule has 1 heterocycles. The van der Waals surface area contributed by atoms with Gasteiger partial charge >= 0.3 is 0 Å². The molecule has 13 heavy (non-hydrogen) atoms. The van der Waals surface area contributed by atoms with Gasteiger partial charge in [-0.3, -0.25) is 0 Å². The summed E-state index contributed by atoms with van der Waals surface area (Å²) in [7, 11) is 0. The van der Waals surface area contributed by atoms with E-state index < -0.39 is 0 Å². The van der Waals surface area contributed by atoms with E-state index in [1.54, 1.807) is 0 Å². The van der Waals surface area contributed by atoms with E-state index in [1.165, 1.54) is 0 Å². The molecule has 3 nitrogen and oxygen atoms in total. The second kappa shape index (κ2) is 3.31. The molecule has 0 aromatic heterocycles. The normalized spacial score (nSPS) is 15.2. The molecule has 0 fully saturated rings. The highest BCUT2D eigenvalue weighted by Crippen LogP contribution is 2.13. The molecule has 1 radical (unpaired) electrons. The zero-order valence-corrected chi connectivity index (χ0v) is 7.36. The van der Waals surface area contributed by atoms with Crippen LogP contribution in [0.2, 0.25) is 0 Å². The Morgan fingerprint density at radius 2 is 2.08 bits per heavy atom. The summed E-state index contributed by atoms with van der Waals surface area (Å²) in [6.07, 6.45) is 4.76. The first-order chi connectivity index (χ1) is 6.36. The first-order valence-electron chi connectivity index (χ1n) is 4.10. The van der Waals surface area contributed by atoms with Gasteiger partial charge in [-0.25, -0.2) is 10.5 Å². The predicted molar refractivity (Wildman–Crippen MR) is 53.2 cm³/mol. The van der Waals surface area contributed by atoms with Gasteiger partial charge in [0.05, 0.1) is 5.69 Å². The molecule has 0 saturated heterocycles. The average molecular weight is 172 g/mol. The molecule has 0 spiro atoms. The van der Waals surface area contributed by atoms with Crippen LogP contribution in [0.3, 0.4) is 0 Å². The highest BCUT2D eigenvalue weighted by molar-refractivity contribution is 5.79. The number of benzene rings is 1. The van der Waals surface area contributed by atoms with E-state index in [2.05, 4.69) is 16.9 Å². The Morgan fingerprint density at radius 3 is 2.77 bits per heavy atom. The largest absolute Gasteiger partial charge is 0.247 e. The van der Waals surface area contributed by atoms with Crippen molar-refractivity contribution in [2.24, 2.45) is 5.10 Å². The molecule has 1 aromatic carbocycles. The second-order valence-corrected chi connectivity index (χ2v) is 2.84. The summed E-state index contributed by atoms with van der Waals surface area (Å²) in [4.78, 5) is 0. The summed E-state index contributed by atoms with van der Waals surface area (Å²) in [5.41, 5.74) is 4.90. The van der Waals surface area contributed by atoms with Gasteiger partial charge in [-0.2, -0.15) is 5.10 Å². The monoisotopic (exact) mass is 172 g/mol. The lowest BCUT2D eigenvalue weighted by Gasteiger charge is -2.21. The van der Waals surface area contributed by atoms with Crippen molar-refractivity contribution >= 4 is 11.9 Å². The van der Waals surface area contributed by atoms with Crippen LogP contribution >= 0.6 is 0 Å². The number of para-hydroxylation sites is 1. The van der Waals surface area contributed by atoms with E-state index in [4.69, 9.17) is 0 Å². The summed E-state index contributed by atoms with van der Waals surface area (Å²) >= 11 is 0. The minimum absolute atomic E-state index is 1.00. The third-order valence-corrected chi connectivity index (χ3v) is 1.75. The molecule has 2 rings (SSSR count). The molecule has 1 aliphatic rings. The fourth-order valence-electron chi connectivity index (χ4n) is 1.14. The van der Waals surface area contributed by atoms with E-state index in [1.807, 2.05) is 48.5 Å². The third-order valence-electron chi connectivity index (χ3n) is 1.75. The van der Waals surface area contributed by atoms with Gasteiger partial charge in [0.25, 0.3) is 0 Å². The van der Waals surface area contributed by atoms with Crippen LogP contribution in [0.5, 0.6) is 0 Å². The third kappa shape index (κ3) is 1.69. The number of allylic oxidation sites excluding steroid dienone is 1. The molecule has 0 unspecified atom stereocenters. The van der Waals surface area contributed by atoms with Crippen LogP contribution in [0.4, 0.5) is 5.69 Å². The minimum atomic E-state index is 1.00. The lowest BCUT2D eigenvalue weighted by Crippen LogP contribution is -2.31. The van der Waals surface area contributed by atoms with Crippen LogP contribution in [-0.4, -0.2) is 6.21 Å². The van der Waals surface area contributed by atoms with E-state index in [-0.39, 0.29) is 0 Å². The summed E-state index contributed by atoms with van der Waals surface area (Å²) in [6, 6.07) is 9.99.